The van der Waals surface area contributed by atoms with Crippen LogP contribution in [-0.4, -0.2) is 99.9 Å². The van der Waals surface area contributed by atoms with Crippen LogP contribution in [-0.2, 0) is 0 Å². The molecule has 5 heterocycles. The van der Waals surface area contributed by atoms with Crippen molar-refractivity contribution < 1.29 is 13.9 Å². The Bertz CT molecular complexity index is 1780. The summed E-state index contributed by atoms with van der Waals surface area (Å²) in [6.07, 6.45) is 14.5. The van der Waals surface area contributed by atoms with Gasteiger partial charge in [-0.2, -0.15) is 0 Å². The van der Waals surface area contributed by atoms with Crippen molar-refractivity contribution in [2.75, 3.05) is 50.7 Å². The van der Waals surface area contributed by atoms with Crippen molar-refractivity contribution in [3.63, 3.8) is 0 Å². The van der Waals surface area contributed by atoms with Crippen molar-refractivity contribution in [1.29, 1.82) is 0 Å². The molecule has 1 spiro atoms. The molecule has 8 rings (SSSR count). The molecule has 10 nitrogen and oxygen atoms in total. The first kappa shape index (κ1) is 37.8. The number of hydrogen-bond donors (Lipinski definition) is 1. The minimum atomic E-state index is -2.13. The molecule has 5 fully saturated rings. The summed E-state index contributed by atoms with van der Waals surface area (Å²) in [6.45, 7) is 21.4. The standard InChI is InChI=1S/C42H61FN8O2Si/c1-28(2)38(32-11-14-49(15-12-32)22-30-17-29(18-30)20-41(3,4)54(5,6)52)51-24-42(25-51)13-16-50(23-42)39-40(48-47-27-46-39)53-36-10-9-33(43)19-34(36)35-21-44-26-45-37(35)31-7-8-31/h9-10,19,21,26-32,38,52H,7-8,11-18,20,22-25H2,1-6H3/t29?,30?,38-/m1/s1. The maximum atomic E-state index is 14.6. The number of anilines is 1. The summed E-state index contributed by atoms with van der Waals surface area (Å²) >= 11 is 0. The molecule has 0 amide bonds. The smallest absolute Gasteiger partial charge is 0.282 e. The maximum Gasteiger partial charge on any atom is 0.282 e. The number of benzene rings is 1. The van der Waals surface area contributed by atoms with Gasteiger partial charge >= 0.3 is 0 Å². The van der Waals surface area contributed by atoms with E-state index in [9.17, 15) is 9.19 Å². The molecule has 2 aliphatic carbocycles. The number of halogens is 1. The van der Waals surface area contributed by atoms with Gasteiger partial charge in [0.15, 0.2) is 14.1 Å². The van der Waals surface area contributed by atoms with Gasteiger partial charge in [-0.3, -0.25) is 4.90 Å². The molecule has 1 N–H and O–H groups in total. The predicted molar refractivity (Wildman–Crippen MR) is 213 cm³/mol. The lowest BCUT2D eigenvalue weighted by Crippen LogP contribution is -2.64. The van der Waals surface area contributed by atoms with E-state index in [1.165, 1.54) is 70.2 Å². The zero-order chi connectivity index (χ0) is 37.8. The number of piperidine rings is 1. The minimum absolute atomic E-state index is 0.0954. The average Bonchev–Trinajstić information content (AvgIpc) is 3.86. The van der Waals surface area contributed by atoms with Gasteiger partial charge in [0.2, 0.25) is 0 Å². The molecule has 3 saturated heterocycles. The second kappa shape index (κ2) is 14.8. The van der Waals surface area contributed by atoms with Crippen molar-refractivity contribution in [2.45, 2.75) is 109 Å². The molecule has 54 heavy (non-hydrogen) atoms. The Hall–Kier alpha value is -3.06. The molecule has 3 aliphatic heterocycles. The summed E-state index contributed by atoms with van der Waals surface area (Å²) in [5.41, 5.74) is 2.59. The Kier molecular flexibility index (Phi) is 10.4. The fourth-order valence-corrected chi connectivity index (χ4v) is 11.1. The van der Waals surface area contributed by atoms with Crippen molar-refractivity contribution >= 4 is 14.1 Å². The van der Waals surface area contributed by atoms with Crippen molar-refractivity contribution in [1.82, 2.24) is 34.9 Å². The van der Waals surface area contributed by atoms with Crippen LogP contribution >= 0.6 is 0 Å². The van der Waals surface area contributed by atoms with E-state index >= 15 is 0 Å². The monoisotopic (exact) mass is 756 g/mol. The zero-order valence-electron chi connectivity index (χ0n) is 33.3. The molecule has 1 atom stereocenters. The van der Waals surface area contributed by atoms with Crippen LogP contribution in [0, 0.1) is 34.9 Å². The van der Waals surface area contributed by atoms with Gasteiger partial charge in [-0.15, -0.1) is 10.2 Å². The Labute approximate surface area is 322 Å². The zero-order valence-corrected chi connectivity index (χ0v) is 34.3. The first-order valence-electron chi connectivity index (χ1n) is 20.7. The SMILES string of the molecule is CC(C)[C@H](C1CCN(CC2CC(CC(C)(C)[Si](C)(C)O)C2)CC1)N1CC2(CCN(c3ncnnc3Oc3ccc(F)cc3-c3cncnc3C3CC3)C2)C1. The molecule has 12 heteroatoms. The van der Waals surface area contributed by atoms with Crippen molar-refractivity contribution in [3.05, 3.63) is 48.6 Å². The van der Waals surface area contributed by atoms with Gasteiger partial charge in [-0.25, -0.2) is 19.3 Å². The van der Waals surface area contributed by atoms with E-state index in [2.05, 4.69) is 80.6 Å². The number of rotatable bonds is 13. The minimum Gasteiger partial charge on any atom is -0.434 e. The van der Waals surface area contributed by atoms with Crippen LogP contribution in [0.3, 0.4) is 0 Å². The van der Waals surface area contributed by atoms with Crippen LogP contribution in [0.4, 0.5) is 10.2 Å². The highest BCUT2D eigenvalue weighted by Gasteiger charge is 2.52. The second-order valence-electron chi connectivity index (χ2n) is 19.2. The molecule has 1 aromatic carbocycles. The lowest BCUT2D eigenvalue weighted by Gasteiger charge is -2.55. The summed E-state index contributed by atoms with van der Waals surface area (Å²) in [6, 6.07) is 5.19. The molecule has 2 saturated carbocycles. The topological polar surface area (TPSA) is 104 Å². The number of likely N-dealkylation sites (tertiary alicyclic amines) is 2. The third-order valence-corrected chi connectivity index (χ3v) is 17.6. The van der Waals surface area contributed by atoms with Gasteiger partial charge in [0, 0.05) is 67.4 Å². The lowest BCUT2D eigenvalue weighted by atomic mass is 9.70. The van der Waals surface area contributed by atoms with Crippen molar-refractivity contribution in [2.24, 2.45) is 29.1 Å². The van der Waals surface area contributed by atoms with Gasteiger partial charge in [0.1, 0.15) is 24.2 Å². The van der Waals surface area contributed by atoms with E-state index in [1.54, 1.807) is 18.6 Å². The van der Waals surface area contributed by atoms with Crippen LogP contribution < -0.4 is 9.64 Å². The van der Waals surface area contributed by atoms with E-state index in [-0.39, 0.29) is 16.3 Å². The Morgan fingerprint density at radius 2 is 1.74 bits per heavy atom. The Balaban J connectivity index is 0.861. The third-order valence-electron chi connectivity index (χ3n) is 14.1. The highest BCUT2D eigenvalue weighted by Crippen LogP contribution is 2.50. The Morgan fingerprint density at radius 1 is 0.981 bits per heavy atom. The largest absolute Gasteiger partial charge is 0.434 e. The van der Waals surface area contributed by atoms with Gasteiger partial charge in [0.25, 0.3) is 5.88 Å². The number of hydrogen-bond acceptors (Lipinski definition) is 10. The fourth-order valence-electron chi connectivity index (χ4n) is 10.3. The Morgan fingerprint density at radius 3 is 2.44 bits per heavy atom. The second-order valence-corrected chi connectivity index (χ2v) is 23.7. The van der Waals surface area contributed by atoms with Crippen molar-refractivity contribution in [3.8, 4) is 22.8 Å². The number of aromatic nitrogens is 5. The van der Waals surface area contributed by atoms with Gasteiger partial charge in [-0.05, 0) is 124 Å². The van der Waals surface area contributed by atoms with E-state index in [1.807, 2.05) is 0 Å². The molecular formula is C42H61FN8O2Si. The normalized spacial score (nSPS) is 24.5. The first-order chi connectivity index (χ1) is 25.8. The molecule has 3 aromatic rings. The molecule has 2 aromatic heterocycles. The molecule has 0 radical (unpaired) electrons. The van der Waals surface area contributed by atoms with Crippen LogP contribution in [0.5, 0.6) is 11.6 Å². The quantitative estimate of drug-likeness (QED) is 0.174. The average molecular weight is 757 g/mol. The summed E-state index contributed by atoms with van der Waals surface area (Å²) < 4.78 is 21.1. The van der Waals surface area contributed by atoms with E-state index in [0.717, 1.165) is 74.5 Å². The maximum absolute atomic E-state index is 14.6. The fraction of sp³-hybridized carbons (Fsp3) is 0.690. The van der Waals surface area contributed by atoms with E-state index in [4.69, 9.17) is 4.74 Å². The first-order valence-corrected chi connectivity index (χ1v) is 23.6. The third kappa shape index (κ3) is 7.82. The number of ether oxygens (including phenoxy) is 1. The highest BCUT2D eigenvalue weighted by atomic mass is 28.4. The van der Waals surface area contributed by atoms with E-state index in [0.29, 0.717) is 40.9 Å². The van der Waals surface area contributed by atoms with Crippen LogP contribution in [0.25, 0.3) is 11.1 Å². The molecule has 292 valence electrons. The lowest BCUT2D eigenvalue weighted by molar-refractivity contribution is -0.0615. The summed E-state index contributed by atoms with van der Waals surface area (Å²) in [7, 11) is -2.13. The van der Waals surface area contributed by atoms with Gasteiger partial charge in [-0.1, -0.05) is 27.7 Å². The molecule has 5 aliphatic rings. The summed E-state index contributed by atoms with van der Waals surface area (Å²) in [5.74, 6) is 4.55. The highest BCUT2D eigenvalue weighted by molar-refractivity contribution is 6.72. The molecule has 0 unspecified atom stereocenters. The van der Waals surface area contributed by atoms with Gasteiger partial charge < -0.3 is 19.3 Å². The molecular weight excluding hydrogens is 696 g/mol. The van der Waals surface area contributed by atoms with Crippen LogP contribution in [0.1, 0.15) is 90.7 Å². The summed E-state index contributed by atoms with van der Waals surface area (Å²) in [5, 5.41) is 8.58. The number of nitrogens with zero attached hydrogens (tertiary/aromatic N) is 8. The van der Waals surface area contributed by atoms with Crippen LogP contribution in [0.2, 0.25) is 18.1 Å². The summed E-state index contributed by atoms with van der Waals surface area (Å²) in [4.78, 5) is 32.1. The van der Waals surface area contributed by atoms with E-state index < -0.39 is 8.32 Å². The van der Waals surface area contributed by atoms with Crippen LogP contribution in [0.15, 0.2) is 37.1 Å². The van der Waals surface area contributed by atoms with Gasteiger partial charge in [0.05, 0.1) is 5.69 Å². The predicted octanol–water partition coefficient (Wildman–Crippen LogP) is 7.78. The molecule has 0 bridgehead atoms.